The smallest absolute Gasteiger partial charge is 0.335 e. The van der Waals surface area contributed by atoms with Crippen molar-refractivity contribution in [1.82, 2.24) is 0 Å². The first-order valence-electron chi connectivity index (χ1n) is 13.3. The van der Waals surface area contributed by atoms with Gasteiger partial charge in [-0.3, -0.25) is 4.79 Å². The average molecular weight is 570 g/mol. The number of carboxylic acid groups (broad SMARTS) is 1. The molecule has 8 heteroatoms. The molecule has 0 radical (unpaired) electrons. The molecule has 0 aliphatic carbocycles. The number of hydrogen-bond donors (Lipinski definition) is 3. The number of aliphatic hydroxyl groups excluding tert-OH is 1. The number of anilines is 1. The topological polar surface area (TPSA) is 105 Å². The van der Waals surface area contributed by atoms with E-state index in [0.29, 0.717) is 17.0 Å². The summed E-state index contributed by atoms with van der Waals surface area (Å²) >= 11 is 1.60. The molecule has 4 aromatic carbocycles. The Morgan fingerprint density at radius 3 is 2.10 bits per heavy atom. The van der Waals surface area contributed by atoms with Crippen LogP contribution >= 0.6 is 11.8 Å². The second kappa shape index (κ2) is 13.1. The molecule has 1 amide bonds. The van der Waals surface area contributed by atoms with Crippen LogP contribution in [0.1, 0.15) is 56.7 Å². The predicted octanol–water partition coefficient (Wildman–Crippen LogP) is 6.71. The number of hydrogen-bond acceptors (Lipinski definition) is 6. The van der Waals surface area contributed by atoms with Crippen LogP contribution in [0.25, 0.3) is 0 Å². The Morgan fingerprint density at radius 2 is 1.46 bits per heavy atom. The standard InChI is InChI=1S/C33H31NO6S/c1-21-29(20-41-28-17-13-25(14-18-28)32(37)38)39-33(40-30(21)23-9-7-22(19-35)8-10-23)26-11-15-27(16-12-26)34-31(36)24-5-3-2-4-6-24/h2-18,21,29-30,33,35H,19-20H2,1H3,(H,34,36)(H,37,38)/t21-,29+,30+,33+/m0/s1. The maximum absolute atomic E-state index is 12.6. The molecular weight excluding hydrogens is 538 g/mol. The van der Waals surface area contributed by atoms with Gasteiger partial charge in [0.05, 0.1) is 24.4 Å². The van der Waals surface area contributed by atoms with E-state index >= 15 is 0 Å². The van der Waals surface area contributed by atoms with Crippen molar-refractivity contribution in [2.24, 2.45) is 5.92 Å². The maximum atomic E-state index is 12.6. The van der Waals surface area contributed by atoms with Crippen LogP contribution in [-0.2, 0) is 16.1 Å². The molecule has 41 heavy (non-hydrogen) atoms. The minimum absolute atomic E-state index is 0.0152. The summed E-state index contributed by atoms with van der Waals surface area (Å²) in [6.45, 7) is 2.07. The van der Waals surface area contributed by atoms with Crippen LogP contribution in [0, 0.1) is 5.92 Å². The van der Waals surface area contributed by atoms with Gasteiger partial charge < -0.3 is 25.0 Å². The van der Waals surface area contributed by atoms with Crippen molar-refractivity contribution in [3.63, 3.8) is 0 Å². The molecule has 0 spiro atoms. The first-order valence-corrected chi connectivity index (χ1v) is 14.3. The van der Waals surface area contributed by atoms with Crippen molar-refractivity contribution < 1.29 is 29.3 Å². The van der Waals surface area contributed by atoms with Gasteiger partial charge in [0.1, 0.15) is 0 Å². The summed E-state index contributed by atoms with van der Waals surface area (Å²) < 4.78 is 13.0. The number of ether oxygens (including phenoxy) is 2. The Balaban J connectivity index is 1.33. The molecule has 0 saturated carbocycles. The van der Waals surface area contributed by atoms with Crippen molar-refractivity contribution in [3.8, 4) is 0 Å². The van der Waals surface area contributed by atoms with Crippen molar-refractivity contribution in [2.75, 3.05) is 11.1 Å². The van der Waals surface area contributed by atoms with E-state index in [-0.39, 0.29) is 36.2 Å². The van der Waals surface area contributed by atoms with Gasteiger partial charge in [-0.25, -0.2) is 4.79 Å². The van der Waals surface area contributed by atoms with Gasteiger partial charge in [0, 0.05) is 33.4 Å². The van der Waals surface area contributed by atoms with Crippen molar-refractivity contribution >= 4 is 29.3 Å². The first-order chi connectivity index (χ1) is 19.9. The Morgan fingerprint density at radius 1 is 0.805 bits per heavy atom. The Labute approximate surface area is 243 Å². The Hall–Kier alpha value is -3.95. The molecule has 1 saturated heterocycles. The molecule has 1 fully saturated rings. The highest BCUT2D eigenvalue weighted by atomic mass is 32.2. The molecule has 4 atom stereocenters. The molecular formula is C33H31NO6S. The maximum Gasteiger partial charge on any atom is 0.335 e. The van der Waals surface area contributed by atoms with E-state index in [9.17, 15) is 19.8 Å². The highest BCUT2D eigenvalue weighted by Gasteiger charge is 2.38. The molecule has 0 unspecified atom stereocenters. The van der Waals surface area contributed by atoms with Crippen LogP contribution in [-0.4, -0.2) is 33.9 Å². The van der Waals surface area contributed by atoms with Crippen LogP contribution in [0.2, 0.25) is 0 Å². The van der Waals surface area contributed by atoms with Gasteiger partial charge in [0.15, 0.2) is 6.29 Å². The van der Waals surface area contributed by atoms with E-state index in [1.54, 1.807) is 36.0 Å². The second-order valence-corrected chi connectivity index (χ2v) is 11.0. The van der Waals surface area contributed by atoms with Gasteiger partial charge >= 0.3 is 5.97 Å². The number of rotatable bonds is 9. The summed E-state index contributed by atoms with van der Waals surface area (Å²) in [4.78, 5) is 24.7. The van der Waals surface area contributed by atoms with Crippen LogP contribution in [0.5, 0.6) is 0 Å². The first kappa shape index (κ1) is 28.6. The van der Waals surface area contributed by atoms with Crippen LogP contribution in [0.4, 0.5) is 5.69 Å². The number of benzene rings is 4. The van der Waals surface area contributed by atoms with E-state index < -0.39 is 12.3 Å². The third kappa shape index (κ3) is 7.04. The number of aliphatic hydroxyl groups is 1. The normalized spacial score (nSPS) is 20.3. The van der Waals surface area contributed by atoms with Crippen LogP contribution in [0.15, 0.2) is 108 Å². The summed E-state index contributed by atoms with van der Waals surface area (Å²) in [6, 6.07) is 31.1. The quantitative estimate of drug-likeness (QED) is 0.192. The fourth-order valence-electron chi connectivity index (χ4n) is 4.70. The summed E-state index contributed by atoms with van der Waals surface area (Å²) in [5.41, 5.74) is 4.15. The third-order valence-corrected chi connectivity index (χ3v) is 8.22. The lowest BCUT2D eigenvalue weighted by atomic mass is 9.91. The summed E-state index contributed by atoms with van der Waals surface area (Å²) in [7, 11) is 0. The average Bonchev–Trinajstić information content (AvgIpc) is 3.01. The zero-order chi connectivity index (χ0) is 28.8. The number of thioether (sulfide) groups is 1. The lowest BCUT2D eigenvalue weighted by molar-refractivity contribution is -0.268. The monoisotopic (exact) mass is 569 g/mol. The van der Waals surface area contributed by atoms with E-state index in [1.807, 2.05) is 78.9 Å². The molecule has 1 heterocycles. The minimum atomic E-state index is -0.952. The number of amides is 1. The van der Waals surface area contributed by atoms with Gasteiger partial charge in [0.2, 0.25) is 0 Å². The lowest BCUT2D eigenvalue weighted by Crippen LogP contribution is -2.38. The molecule has 0 bridgehead atoms. The predicted molar refractivity (Wildman–Crippen MR) is 158 cm³/mol. The molecule has 3 N–H and O–H groups in total. The number of carboxylic acids is 1. The fraction of sp³-hybridized carbons (Fsp3) is 0.212. The molecule has 7 nitrogen and oxygen atoms in total. The van der Waals surface area contributed by atoms with Gasteiger partial charge in [-0.2, -0.15) is 0 Å². The molecule has 210 valence electrons. The van der Waals surface area contributed by atoms with Gasteiger partial charge in [-0.05, 0) is 59.7 Å². The van der Waals surface area contributed by atoms with E-state index in [4.69, 9.17) is 9.47 Å². The lowest BCUT2D eigenvalue weighted by Gasteiger charge is -2.41. The summed E-state index contributed by atoms with van der Waals surface area (Å²) in [6.07, 6.45) is -1.05. The summed E-state index contributed by atoms with van der Waals surface area (Å²) in [5, 5.41) is 21.6. The van der Waals surface area contributed by atoms with E-state index in [2.05, 4.69) is 12.2 Å². The zero-order valence-electron chi connectivity index (χ0n) is 22.5. The van der Waals surface area contributed by atoms with Gasteiger partial charge in [-0.1, -0.05) is 61.5 Å². The van der Waals surface area contributed by atoms with E-state index in [0.717, 1.165) is 21.6 Å². The molecule has 4 aromatic rings. The zero-order valence-corrected chi connectivity index (χ0v) is 23.3. The van der Waals surface area contributed by atoms with Crippen LogP contribution < -0.4 is 5.32 Å². The highest BCUT2D eigenvalue weighted by molar-refractivity contribution is 7.99. The molecule has 5 rings (SSSR count). The highest BCUT2D eigenvalue weighted by Crippen LogP contribution is 2.43. The van der Waals surface area contributed by atoms with Crippen LogP contribution in [0.3, 0.4) is 0 Å². The van der Waals surface area contributed by atoms with Crippen molar-refractivity contribution in [2.45, 2.75) is 36.9 Å². The number of aromatic carboxylic acids is 1. The van der Waals surface area contributed by atoms with Crippen molar-refractivity contribution in [3.05, 3.63) is 131 Å². The SMILES string of the molecule is C[C@H]1[C@@H](CSc2ccc(C(=O)O)cc2)O[C@@H](c2ccc(NC(=O)c3ccccc3)cc2)O[C@H]1c1ccc(CO)cc1. The van der Waals surface area contributed by atoms with Crippen molar-refractivity contribution in [1.29, 1.82) is 0 Å². The minimum Gasteiger partial charge on any atom is -0.478 e. The number of carbonyl (C=O) groups is 2. The van der Waals surface area contributed by atoms with Gasteiger partial charge in [0.25, 0.3) is 5.91 Å². The number of nitrogens with one attached hydrogen (secondary N) is 1. The van der Waals surface area contributed by atoms with Gasteiger partial charge in [-0.15, -0.1) is 11.8 Å². The fourth-order valence-corrected chi connectivity index (χ4v) is 5.77. The Bertz CT molecular complexity index is 1460. The second-order valence-electron chi connectivity index (χ2n) is 9.90. The molecule has 1 aliphatic heterocycles. The molecule has 1 aliphatic rings. The summed E-state index contributed by atoms with van der Waals surface area (Å²) in [5.74, 6) is -0.477. The Kier molecular flexibility index (Phi) is 9.16. The third-order valence-electron chi connectivity index (χ3n) is 7.12. The molecule has 0 aromatic heterocycles. The largest absolute Gasteiger partial charge is 0.478 e. The number of carbonyl (C=O) groups excluding carboxylic acids is 1. The van der Waals surface area contributed by atoms with E-state index in [1.165, 1.54) is 0 Å².